The highest BCUT2D eigenvalue weighted by molar-refractivity contribution is 5.21. The van der Waals surface area contributed by atoms with Gasteiger partial charge in [-0.25, -0.2) is 0 Å². The fraction of sp³-hybridized carbons (Fsp3) is 0.565. The van der Waals surface area contributed by atoms with Gasteiger partial charge in [0.15, 0.2) is 0 Å². The molecule has 2 atom stereocenters. The summed E-state index contributed by atoms with van der Waals surface area (Å²) in [5, 5.41) is 0. The fourth-order valence-electron chi connectivity index (χ4n) is 4.03. The quantitative estimate of drug-likeness (QED) is 0.520. The highest BCUT2D eigenvalue weighted by Crippen LogP contribution is 2.33. The first kappa shape index (κ1) is 20.8. The summed E-state index contributed by atoms with van der Waals surface area (Å²) < 4.78 is 38.0. The standard InChI is InChI=1S/C23H29F3N2/c1-16(19-10-12-22(27-14-19)18-6-4-3-5-7-18)8-9-17(2)21-13-11-20(15-28-21)23(24,25)26/h10-18H,3-9H2,1-2H3. The lowest BCUT2D eigenvalue weighted by molar-refractivity contribution is -0.137. The van der Waals surface area contributed by atoms with Gasteiger partial charge in [-0.05, 0) is 61.3 Å². The van der Waals surface area contributed by atoms with Gasteiger partial charge < -0.3 is 0 Å². The normalized spacial score (nSPS) is 18.0. The maximum atomic E-state index is 12.7. The molecule has 5 heteroatoms. The average Bonchev–Trinajstić information content (AvgIpc) is 2.72. The molecule has 2 nitrogen and oxygen atoms in total. The third kappa shape index (κ3) is 5.33. The zero-order valence-corrected chi connectivity index (χ0v) is 16.7. The molecule has 1 fully saturated rings. The number of hydrogen-bond donors (Lipinski definition) is 0. The molecule has 2 aromatic heterocycles. The summed E-state index contributed by atoms with van der Waals surface area (Å²) in [5.74, 6) is 1.10. The first-order valence-electron chi connectivity index (χ1n) is 10.3. The average molecular weight is 390 g/mol. The number of pyridine rings is 2. The van der Waals surface area contributed by atoms with Gasteiger partial charge in [0.1, 0.15) is 0 Å². The van der Waals surface area contributed by atoms with Crippen molar-refractivity contribution in [3.8, 4) is 0 Å². The van der Waals surface area contributed by atoms with Crippen LogP contribution in [0.4, 0.5) is 13.2 Å². The van der Waals surface area contributed by atoms with Crippen molar-refractivity contribution in [2.45, 2.75) is 82.7 Å². The van der Waals surface area contributed by atoms with Crippen molar-refractivity contribution in [3.05, 3.63) is 59.2 Å². The molecule has 2 unspecified atom stereocenters. The molecule has 0 saturated heterocycles. The molecule has 1 aliphatic carbocycles. The van der Waals surface area contributed by atoms with Crippen LogP contribution in [0, 0.1) is 0 Å². The Morgan fingerprint density at radius 2 is 1.61 bits per heavy atom. The Labute approximate surface area is 165 Å². The Morgan fingerprint density at radius 1 is 0.893 bits per heavy atom. The van der Waals surface area contributed by atoms with E-state index < -0.39 is 11.7 Å². The van der Waals surface area contributed by atoms with Crippen molar-refractivity contribution < 1.29 is 13.2 Å². The fourth-order valence-corrected chi connectivity index (χ4v) is 4.03. The summed E-state index contributed by atoms with van der Waals surface area (Å²) in [6, 6.07) is 7.00. The molecule has 0 aromatic carbocycles. The monoisotopic (exact) mass is 390 g/mol. The van der Waals surface area contributed by atoms with Crippen LogP contribution in [-0.2, 0) is 6.18 Å². The lowest BCUT2D eigenvalue weighted by Gasteiger charge is -2.21. The van der Waals surface area contributed by atoms with E-state index in [2.05, 4.69) is 24.0 Å². The van der Waals surface area contributed by atoms with Crippen LogP contribution < -0.4 is 0 Å². The Bertz CT molecular complexity index is 732. The van der Waals surface area contributed by atoms with E-state index in [0.717, 1.165) is 25.1 Å². The molecule has 0 spiro atoms. The van der Waals surface area contributed by atoms with Gasteiger partial charge in [-0.2, -0.15) is 13.2 Å². The van der Waals surface area contributed by atoms with Crippen LogP contribution in [0.3, 0.4) is 0 Å². The van der Waals surface area contributed by atoms with Gasteiger partial charge in [-0.1, -0.05) is 39.2 Å². The van der Waals surface area contributed by atoms with E-state index in [1.54, 1.807) is 0 Å². The summed E-state index contributed by atoms with van der Waals surface area (Å²) in [6.07, 6.45) is 6.90. The molecule has 0 bridgehead atoms. The summed E-state index contributed by atoms with van der Waals surface area (Å²) in [4.78, 5) is 8.75. The maximum absolute atomic E-state index is 12.7. The predicted molar refractivity (Wildman–Crippen MR) is 105 cm³/mol. The van der Waals surface area contributed by atoms with Crippen molar-refractivity contribution >= 4 is 0 Å². The molecule has 0 N–H and O–H groups in total. The van der Waals surface area contributed by atoms with E-state index in [1.165, 1.54) is 49.4 Å². The maximum Gasteiger partial charge on any atom is 0.417 e. The molecule has 2 aromatic rings. The number of aromatic nitrogens is 2. The molecule has 28 heavy (non-hydrogen) atoms. The minimum Gasteiger partial charge on any atom is -0.261 e. The molecule has 152 valence electrons. The van der Waals surface area contributed by atoms with Gasteiger partial charge in [0.2, 0.25) is 0 Å². The summed E-state index contributed by atoms with van der Waals surface area (Å²) in [7, 11) is 0. The van der Waals surface area contributed by atoms with Crippen molar-refractivity contribution in [2.75, 3.05) is 0 Å². The van der Waals surface area contributed by atoms with Crippen molar-refractivity contribution in [1.29, 1.82) is 0 Å². The van der Waals surface area contributed by atoms with Crippen LogP contribution >= 0.6 is 0 Å². The third-order valence-corrected chi connectivity index (χ3v) is 6.05. The molecule has 0 aliphatic heterocycles. The number of hydrogen-bond acceptors (Lipinski definition) is 2. The van der Waals surface area contributed by atoms with Crippen molar-refractivity contribution in [2.24, 2.45) is 0 Å². The topological polar surface area (TPSA) is 25.8 Å². The SMILES string of the molecule is CC(CCC(C)c1ccc(C(F)(F)F)cn1)c1ccc(C2CCCCC2)nc1. The van der Waals surface area contributed by atoms with Gasteiger partial charge >= 0.3 is 6.18 Å². The van der Waals surface area contributed by atoms with Gasteiger partial charge in [-0.3, -0.25) is 9.97 Å². The number of halogens is 3. The van der Waals surface area contributed by atoms with Crippen LogP contribution in [0.1, 0.15) is 99.1 Å². The van der Waals surface area contributed by atoms with E-state index in [9.17, 15) is 13.2 Å². The number of rotatable bonds is 6. The Hall–Kier alpha value is -1.91. The van der Waals surface area contributed by atoms with Crippen LogP contribution in [0.15, 0.2) is 36.7 Å². The summed E-state index contributed by atoms with van der Waals surface area (Å²) >= 11 is 0. The van der Waals surface area contributed by atoms with E-state index >= 15 is 0 Å². The predicted octanol–water partition coefficient (Wildman–Crippen LogP) is 7.23. The van der Waals surface area contributed by atoms with E-state index in [0.29, 0.717) is 17.5 Å². The molecule has 1 saturated carbocycles. The van der Waals surface area contributed by atoms with E-state index in [-0.39, 0.29) is 5.92 Å². The molecule has 2 heterocycles. The van der Waals surface area contributed by atoms with E-state index in [4.69, 9.17) is 4.98 Å². The zero-order chi connectivity index (χ0) is 20.1. The second-order valence-corrected chi connectivity index (χ2v) is 8.20. The Morgan fingerprint density at radius 3 is 2.18 bits per heavy atom. The largest absolute Gasteiger partial charge is 0.417 e. The minimum absolute atomic E-state index is 0.124. The number of alkyl halides is 3. The Balaban J connectivity index is 1.53. The molecule has 0 radical (unpaired) electrons. The highest BCUT2D eigenvalue weighted by Gasteiger charge is 2.30. The lowest BCUT2D eigenvalue weighted by Crippen LogP contribution is -2.08. The third-order valence-electron chi connectivity index (χ3n) is 6.05. The zero-order valence-electron chi connectivity index (χ0n) is 16.7. The smallest absolute Gasteiger partial charge is 0.261 e. The first-order chi connectivity index (χ1) is 13.3. The second-order valence-electron chi connectivity index (χ2n) is 8.20. The van der Waals surface area contributed by atoms with Crippen LogP contribution in [-0.4, -0.2) is 9.97 Å². The lowest BCUT2D eigenvalue weighted by atomic mass is 9.86. The van der Waals surface area contributed by atoms with Crippen LogP contribution in [0.2, 0.25) is 0 Å². The molecular formula is C23H29F3N2. The molecule has 0 amide bonds. The van der Waals surface area contributed by atoms with Gasteiger partial charge in [0, 0.05) is 29.7 Å². The van der Waals surface area contributed by atoms with Gasteiger partial charge in [0.05, 0.1) is 5.56 Å². The first-order valence-corrected chi connectivity index (χ1v) is 10.3. The summed E-state index contributed by atoms with van der Waals surface area (Å²) in [6.45, 7) is 4.21. The van der Waals surface area contributed by atoms with Crippen molar-refractivity contribution in [1.82, 2.24) is 9.97 Å². The highest BCUT2D eigenvalue weighted by atomic mass is 19.4. The van der Waals surface area contributed by atoms with Gasteiger partial charge in [-0.15, -0.1) is 0 Å². The number of nitrogens with zero attached hydrogens (tertiary/aromatic N) is 2. The van der Waals surface area contributed by atoms with Crippen LogP contribution in [0.5, 0.6) is 0 Å². The summed E-state index contributed by atoms with van der Waals surface area (Å²) in [5.41, 5.74) is 2.47. The van der Waals surface area contributed by atoms with E-state index in [1.807, 2.05) is 13.1 Å². The minimum atomic E-state index is -4.33. The van der Waals surface area contributed by atoms with Gasteiger partial charge in [0.25, 0.3) is 0 Å². The Kier molecular flexibility index (Phi) is 6.73. The second kappa shape index (κ2) is 9.06. The molecular weight excluding hydrogens is 361 g/mol. The van der Waals surface area contributed by atoms with Crippen molar-refractivity contribution in [3.63, 3.8) is 0 Å². The van der Waals surface area contributed by atoms with Crippen LogP contribution in [0.25, 0.3) is 0 Å². The molecule has 3 rings (SSSR count). The molecule has 1 aliphatic rings.